The Hall–Kier alpha value is -2.37. The number of rotatable bonds is 7. The molecule has 0 unspecified atom stereocenters. The summed E-state index contributed by atoms with van der Waals surface area (Å²) in [6.07, 6.45) is 1.57. The number of para-hydroxylation sites is 1. The molecule has 6 heteroatoms. The van der Waals surface area contributed by atoms with E-state index >= 15 is 0 Å². The van der Waals surface area contributed by atoms with Gasteiger partial charge in [-0.3, -0.25) is 4.90 Å². The number of nitrogens with one attached hydrogen (secondary N) is 1. The van der Waals surface area contributed by atoms with Crippen molar-refractivity contribution >= 4 is 34.0 Å². The number of methoxy groups -OCH3 is 1. The smallest absolute Gasteiger partial charge is 0.142 e. The second-order valence-corrected chi connectivity index (χ2v) is 7.78. The molecule has 1 aromatic heterocycles. The Morgan fingerprint density at radius 2 is 1.79 bits per heavy atom. The number of halogens is 1. The van der Waals surface area contributed by atoms with E-state index in [9.17, 15) is 0 Å². The summed E-state index contributed by atoms with van der Waals surface area (Å²) in [5.41, 5.74) is 2.81. The van der Waals surface area contributed by atoms with Gasteiger partial charge >= 0.3 is 0 Å². The highest BCUT2D eigenvalue weighted by Gasteiger charge is 2.19. The lowest BCUT2D eigenvalue weighted by Gasteiger charge is -2.31. The SMILES string of the molecule is COc1c(Cl)cc(Nc2ncnc3ccccc23)cc1CN(C(C)C)C(C)C. The number of hydrogen-bond donors (Lipinski definition) is 1. The first-order valence-electron chi connectivity index (χ1n) is 9.49. The van der Waals surface area contributed by atoms with Gasteiger partial charge < -0.3 is 10.1 Å². The zero-order valence-electron chi connectivity index (χ0n) is 17.0. The molecular weight excluding hydrogens is 372 g/mol. The zero-order chi connectivity index (χ0) is 20.3. The fraction of sp³-hybridized carbons (Fsp3) is 0.364. The molecule has 1 N–H and O–H groups in total. The van der Waals surface area contributed by atoms with Gasteiger partial charge in [0.25, 0.3) is 0 Å². The average Bonchev–Trinajstić information content (AvgIpc) is 2.65. The van der Waals surface area contributed by atoms with Crippen molar-refractivity contribution in [3.63, 3.8) is 0 Å². The molecule has 3 rings (SSSR count). The Labute approximate surface area is 171 Å². The van der Waals surface area contributed by atoms with Gasteiger partial charge in [0.1, 0.15) is 17.9 Å². The quantitative estimate of drug-likeness (QED) is 0.556. The van der Waals surface area contributed by atoms with Crippen LogP contribution in [0.1, 0.15) is 33.3 Å². The Morgan fingerprint density at radius 1 is 1.07 bits per heavy atom. The van der Waals surface area contributed by atoms with Gasteiger partial charge in [-0.15, -0.1) is 0 Å². The number of anilines is 2. The van der Waals surface area contributed by atoms with Gasteiger partial charge in [-0.05, 0) is 52.0 Å². The highest BCUT2D eigenvalue weighted by Crippen LogP contribution is 2.35. The molecule has 0 radical (unpaired) electrons. The van der Waals surface area contributed by atoms with Gasteiger partial charge in [0, 0.05) is 35.3 Å². The van der Waals surface area contributed by atoms with Crippen molar-refractivity contribution in [1.29, 1.82) is 0 Å². The van der Waals surface area contributed by atoms with Gasteiger partial charge in [0.15, 0.2) is 0 Å². The average molecular weight is 399 g/mol. The van der Waals surface area contributed by atoms with Crippen LogP contribution in [0.4, 0.5) is 11.5 Å². The third-order valence-electron chi connectivity index (χ3n) is 4.81. The molecule has 148 valence electrons. The first-order valence-corrected chi connectivity index (χ1v) is 9.87. The standard InChI is InChI=1S/C22H27ClN4O/c1-14(2)27(15(3)4)12-16-10-17(11-19(23)21(16)28-5)26-22-18-8-6-7-9-20(18)24-13-25-22/h6-11,13-15H,12H2,1-5H3,(H,24,25,26). The summed E-state index contributed by atoms with van der Waals surface area (Å²) in [5, 5.41) is 4.94. The van der Waals surface area contributed by atoms with Crippen molar-refractivity contribution in [3.05, 3.63) is 53.3 Å². The Morgan fingerprint density at radius 3 is 2.46 bits per heavy atom. The lowest BCUT2D eigenvalue weighted by Crippen LogP contribution is -2.36. The summed E-state index contributed by atoms with van der Waals surface area (Å²) >= 11 is 6.55. The second kappa shape index (κ2) is 8.76. The van der Waals surface area contributed by atoms with E-state index in [0.29, 0.717) is 22.9 Å². The molecule has 0 aliphatic heterocycles. The van der Waals surface area contributed by atoms with Gasteiger partial charge in [-0.25, -0.2) is 9.97 Å². The van der Waals surface area contributed by atoms with E-state index in [1.54, 1.807) is 13.4 Å². The summed E-state index contributed by atoms with van der Waals surface area (Å²) in [6.45, 7) is 9.54. The molecule has 0 saturated carbocycles. The number of ether oxygens (including phenoxy) is 1. The molecule has 0 atom stereocenters. The van der Waals surface area contributed by atoms with Crippen LogP contribution in [0.3, 0.4) is 0 Å². The van der Waals surface area contributed by atoms with E-state index in [2.05, 4.69) is 53.9 Å². The van der Waals surface area contributed by atoms with Crippen molar-refractivity contribution < 1.29 is 4.74 Å². The molecule has 0 fully saturated rings. The maximum atomic E-state index is 6.55. The van der Waals surface area contributed by atoms with Gasteiger partial charge in [-0.2, -0.15) is 0 Å². The summed E-state index contributed by atoms with van der Waals surface area (Å²) in [6, 6.07) is 12.7. The Bertz CT molecular complexity index is 945. The fourth-order valence-corrected chi connectivity index (χ4v) is 3.78. The van der Waals surface area contributed by atoms with E-state index in [-0.39, 0.29) is 0 Å². The lowest BCUT2D eigenvalue weighted by atomic mass is 10.1. The summed E-state index contributed by atoms with van der Waals surface area (Å²) in [7, 11) is 1.66. The van der Waals surface area contributed by atoms with Crippen LogP contribution in [-0.2, 0) is 6.54 Å². The van der Waals surface area contributed by atoms with Crippen LogP contribution in [0, 0.1) is 0 Å². The molecule has 0 saturated heterocycles. The number of nitrogens with zero attached hydrogens (tertiary/aromatic N) is 3. The lowest BCUT2D eigenvalue weighted by molar-refractivity contribution is 0.164. The van der Waals surface area contributed by atoms with Crippen LogP contribution in [0.15, 0.2) is 42.7 Å². The minimum atomic E-state index is 0.408. The number of hydrogen-bond acceptors (Lipinski definition) is 5. The van der Waals surface area contributed by atoms with E-state index in [0.717, 1.165) is 34.5 Å². The van der Waals surface area contributed by atoms with Crippen LogP contribution < -0.4 is 10.1 Å². The number of benzene rings is 2. The monoisotopic (exact) mass is 398 g/mol. The summed E-state index contributed by atoms with van der Waals surface area (Å²) in [5.74, 6) is 1.47. The third kappa shape index (κ3) is 4.37. The minimum Gasteiger partial charge on any atom is -0.495 e. The molecule has 0 amide bonds. The molecule has 2 aromatic carbocycles. The maximum absolute atomic E-state index is 6.55. The fourth-order valence-electron chi connectivity index (χ4n) is 3.47. The van der Waals surface area contributed by atoms with Crippen molar-refractivity contribution in [2.45, 2.75) is 46.3 Å². The van der Waals surface area contributed by atoms with Crippen LogP contribution in [0.25, 0.3) is 10.9 Å². The highest BCUT2D eigenvalue weighted by molar-refractivity contribution is 6.32. The maximum Gasteiger partial charge on any atom is 0.142 e. The van der Waals surface area contributed by atoms with E-state index in [4.69, 9.17) is 16.3 Å². The number of aromatic nitrogens is 2. The molecular formula is C22H27ClN4O. The second-order valence-electron chi connectivity index (χ2n) is 7.37. The van der Waals surface area contributed by atoms with Gasteiger partial charge in [-0.1, -0.05) is 23.7 Å². The van der Waals surface area contributed by atoms with Crippen LogP contribution in [0.5, 0.6) is 5.75 Å². The minimum absolute atomic E-state index is 0.408. The van der Waals surface area contributed by atoms with Crippen molar-refractivity contribution in [3.8, 4) is 5.75 Å². The van der Waals surface area contributed by atoms with E-state index < -0.39 is 0 Å². The Balaban J connectivity index is 1.99. The molecule has 28 heavy (non-hydrogen) atoms. The molecule has 1 heterocycles. The summed E-state index contributed by atoms with van der Waals surface area (Å²) in [4.78, 5) is 11.1. The van der Waals surface area contributed by atoms with Gasteiger partial charge in [0.2, 0.25) is 0 Å². The van der Waals surface area contributed by atoms with Crippen LogP contribution in [0.2, 0.25) is 5.02 Å². The Kier molecular flexibility index (Phi) is 6.37. The first-order chi connectivity index (χ1) is 13.4. The van der Waals surface area contributed by atoms with Gasteiger partial charge in [0.05, 0.1) is 17.6 Å². The number of fused-ring (bicyclic) bond motifs is 1. The molecule has 0 bridgehead atoms. The molecule has 0 spiro atoms. The molecule has 5 nitrogen and oxygen atoms in total. The highest BCUT2D eigenvalue weighted by atomic mass is 35.5. The van der Waals surface area contributed by atoms with Crippen molar-refractivity contribution in [1.82, 2.24) is 14.9 Å². The van der Waals surface area contributed by atoms with Crippen LogP contribution in [-0.4, -0.2) is 34.1 Å². The van der Waals surface area contributed by atoms with Crippen molar-refractivity contribution in [2.75, 3.05) is 12.4 Å². The van der Waals surface area contributed by atoms with Crippen molar-refractivity contribution in [2.24, 2.45) is 0 Å². The molecule has 3 aromatic rings. The van der Waals surface area contributed by atoms with E-state index in [1.165, 1.54) is 0 Å². The normalized spacial score (nSPS) is 11.6. The predicted octanol–water partition coefficient (Wildman–Crippen LogP) is 5.65. The van der Waals surface area contributed by atoms with E-state index in [1.807, 2.05) is 30.3 Å². The largest absolute Gasteiger partial charge is 0.495 e. The molecule has 0 aliphatic rings. The third-order valence-corrected chi connectivity index (χ3v) is 5.09. The predicted molar refractivity (Wildman–Crippen MR) is 117 cm³/mol. The molecule has 0 aliphatic carbocycles. The first kappa shape index (κ1) is 20.4. The summed E-state index contributed by atoms with van der Waals surface area (Å²) < 4.78 is 5.60. The topological polar surface area (TPSA) is 50.3 Å². The van der Waals surface area contributed by atoms with Crippen LogP contribution >= 0.6 is 11.6 Å². The zero-order valence-corrected chi connectivity index (χ0v) is 17.8.